The minimum absolute atomic E-state index is 0.0880. The number of ketones is 1. The fourth-order valence-electron chi connectivity index (χ4n) is 3.46. The highest BCUT2D eigenvalue weighted by Gasteiger charge is 2.43. The number of aliphatic carboxylic acids is 1. The Bertz CT molecular complexity index is 863. The third-order valence-electron chi connectivity index (χ3n) is 5.14. The van der Waals surface area contributed by atoms with Gasteiger partial charge in [0.05, 0.1) is 13.0 Å². The van der Waals surface area contributed by atoms with Gasteiger partial charge in [0.25, 0.3) is 0 Å². The van der Waals surface area contributed by atoms with Gasteiger partial charge in [-0.2, -0.15) is 0 Å². The third-order valence-corrected chi connectivity index (χ3v) is 5.14. The molecule has 0 spiro atoms. The molecule has 0 fully saturated rings. The summed E-state index contributed by atoms with van der Waals surface area (Å²) in [5, 5.41) is 8.86. The highest BCUT2D eigenvalue weighted by Crippen LogP contribution is 2.29. The summed E-state index contributed by atoms with van der Waals surface area (Å²) in [4.78, 5) is 36.0. The van der Waals surface area contributed by atoms with Crippen molar-refractivity contribution in [2.24, 2.45) is 11.1 Å². The number of esters is 1. The lowest BCUT2D eigenvalue weighted by Gasteiger charge is -2.28. The molecule has 2 aromatic carbocycles. The van der Waals surface area contributed by atoms with Gasteiger partial charge < -0.3 is 15.6 Å². The number of carboxylic acid groups (broad SMARTS) is 1. The van der Waals surface area contributed by atoms with Crippen LogP contribution in [0.2, 0.25) is 0 Å². The van der Waals surface area contributed by atoms with E-state index in [1.165, 1.54) is 6.92 Å². The van der Waals surface area contributed by atoms with Crippen molar-refractivity contribution < 1.29 is 24.2 Å². The molecule has 0 saturated carbocycles. The zero-order chi connectivity index (χ0) is 22.1. The standard InChI is InChI=1S/C24H29NO5/c1-3-30-23(29)24(2,21(26)13-14-22(27)28)16-20(25)15-17-9-11-19(12-10-17)18-7-5-4-6-8-18/h4-12,20H,3,13-16,25H2,1-2H3,(H,27,28)/t20-,24+/m0/s1. The van der Waals surface area contributed by atoms with Crippen molar-refractivity contribution >= 4 is 17.7 Å². The maximum absolute atomic E-state index is 12.7. The van der Waals surface area contributed by atoms with Crippen molar-refractivity contribution in [2.45, 2.75) is 45.6 Å². The van der Waals surface area contributed by atoms with E-state index in [1.807, 2.05) is 54.6 Å². The van der Waals surface area contributed by atoms with E-state index >= 15 is 0 Å². The first-order valence-electron chi connectivity index (χ1n) is 10.1. The van der Waals surface area contributed by atoms with E-state index < -0.39 is 29.2 Å². The molecule has 2 atom stereocenters. The molecule has 0 bridgehead atoms. The first-order valence-corrected chi connectivity index (χ1v) is 10.1. The van der Waals surface area contributed by atoms with Crippen LogP contribution in [-0.4, -0.2) is 35.5 Å². The first kappa shape index (κ1) is 23.3. The van der Waals surface area contributed by atoms with Crippen molar-refractivity contribution in [3.8, 4) is 11.1 Å². The van der Waals surface area contributed by atoms with Crippen molar-refractivity contribution in [3.63, 3.8) is 0 Å². The van der Waals surface area contributed by atoms with Gasteiger partial charge in [-0.15, -0.1) is 0 Å². The summed E-state index contributed by atoms with van der Waals surface area (Å²) in [5.41, 5.74) is 8.03. The van der Waals surface area contributed by atoms with Crippen molar-refractivity contribution in [3.05, 3.63) is 60.2 Å². The summed E-state index contributed by atoms with van der Waals surface area (Å²) in [6.45, 7) is 3.29. The van der Waals surface area contributed by atoms with Crippen LogP contribution in [0.1, 0.15) is 38.7 Å². The second-order valence-corrected chi connectivity index (χ2v) is 7.60. The molecule has 6 heteroatoms. The summed E-state index contributed by atoms with van der Waals surface area (Å²) in [5.74, 6) is -2.20. The highest BCUT2D eigenvalue weighted by atomic mass is 16.5. The molecule has 0 unspecified atom stereocenters. The number of nitrogens with two attached hydrogens (primary N) is 1. The Morgan fingerprint density at radius 2 is 1.60 bits per heavy atom. The predicted molar refractivity (Wildman–Crippen MR) is 115 cm³/mol. The van der Waals surface area contributed by atoms with Gasteiger partial charge in [0.2, 0.25) is 0 Å². The molecule has 0 heterocycles. The van der Waals surface area contributed by atoms with E-state index in [-0.39, 0.29) is 25.9 Å². The van der Waals surface area contributed by atoms with E-state index in [9.17, 15) is 14.4 Å². The molecule has 0 saturated heterocycles. The number of carbonyl (C=O) groups excluding carboxylic acids is 2. The van der Waals surface area contributed by atoms with Gasteiger partial charge in [0.15, 0.2) is 5.78 Å². The van der Waals surface area contributed by atoms with Gasteiger partial charge in [-0.1, -0.05) is 54.6 Å². The number of Topliss-reactive ketones (excluding diaryl/α,β-unsaturated/α-hetero) is 1. The number of hydrogen-bond acceptors (Lipinski definition) is 5. The normalized spacial score (nSPS) is 13.8. The SMILES string of the molecule is CCOC(=O)[C@](C)(C[C@@H](N)Cc1ccc(-c2ccccc2)cc1)C(=O)CCC(=O)O. The summed E-state index contributed by atoms with van der Waals surface area (Å²) >= 11 is 0. The van der Waals surface area contributed by atoms with Crippen LogP contribution in [-0.2, 0) is 25.5 Å². The zero-order valence-corrected chi connectivity index (χ0v) is 17.5. The van der Waals surface area contributed by atoms with Crippen LogP contribution in [0.3, 0.4) is 0 Å². The molecule has 2 rings (SSSR count). The maximum atomic E-state index is 12.7. The van der Waals surface area contributed by atoms with Crippen LogP contribution in [0.5, 0.6) is 0 Å². The average molecular weight is 411 g/mol. The van der Waals surface area contributed by atoms with Crippen LogP contribution >= 0.6 is 0 Å². The Morgan fingerprint density at radius 3 is 2.17 bits per heavy atom. The first-order chi connectivity index (χ1) is 14.3. The minimum Gasteiger partial charge on any atom is -0.481 e. The second kappa shape index (κ2) is 10.7. The molecular formula is C24H29NO5. The Morgan fingerprint density at radius 1 is 1.00 bits per heavy atom. The summed E-state index contributed by atoms with van der Waals surface area (Å²) in [7, 11) is 0. The van der Waals surface area contributed by atoms with E-state index in [0.717, 1.165) is 16.7 Å². The lowest BCUT2D eigenvalue weighted by molar-refractivity contribution is -0.160. The topological polar surface area (TPSA) is 107 Å². The van der Waals surface area contributed by atoms with Gasteiger partial charge >= 0.3 is 11.9 Å². The van der Waals surface area contributed by atoms with Crippen LogP contribution in [0.15, 0.2) is 54.6 Å². The third kappa shape index (κ3) is 6.26. The second-order valence-electron chi connectivity index (χ2n) is 7.60. The fourth-order valence-corrected chi connectivity index (χ4v) is 3.46. The summed E-state index contributed by atoms with van der Waals surface area (Å²) in [6.07, 6.45) is 0.00809. The monoisotopic (exact) mass is 411 g/mol. The molecule has 3 N–H and O–H groups in total. The Hall–Kier alpha value is -2.99. The van der Waals surface area contributed by atoms with E-state index in [2.05, 4.69) is 0 Å². The highest BCUT2D eigenvalue weighted by molar-refractivity contribution is 6.04. The van der Waals surface area contributed by atoms with E-state index in [0.29, 0.717) is 6.42 Å². The number of carbonyl (C=O) groups is 3. The number of ether oxygens (including phenoxy) is 1. The predicted octanol–water partition coefficient (Wildman–Crippen LogP) is 3.62. The Labute approximate surface area is 177 Å². The quantitative estimate of drug-likeness (QED) is 0.432. The van der Waals surface area contributed by atoms with Gasteiger partial charge in [-0.05, 0) is 43.4 Å². The number of carboxylic acids is 1. The summed E-state index contributed by atoms with van der Waals surface area (Å²) < 4.78 is 5.09. The zero-order valence-electron chi connectivity index (χ0n) is 17.5. The molecule has 0 aliphatic heterocycles. The lowest BCUT2D eigenvalue weighted by Crippen LogP contribution is -2.43. The Balaban J connectivity index is 2.09. The van der Waals surface area contributed by atoms with Crippen molar-refractivity contribution in [2.75, 3.05) is 6.61 Å². The van der Waals surface area contributed by atoms with Gasteiger partial charge in [-0.25, -0.2) is 0 Å². The molecule has 160 valence electrons. The smallest absolute Gasteiger partial charge is 0.319 e. The van der Waals surface area contributed by atoms with Crippen molar-refractivity contribution in [1.29, 1.82) is 0 Å². The van der Waals surface area contributed by atoms with Crippen LogP contribution in [0.4, 0.5) is 0 Å². The Kier molecular flexibility index (Phi) is 8.30. The van der Waals surface area contributed by atoms with Gasteiger partial charge in [0.1, 0.15) is 5.41 Å². The molecule has 0 aliphatic rings. The molecule has 2 aromatic rings. The maximum Gasteiger partial charge on any atom is 0.319 e. The van der Waals surface area contributed by atoms with Crippen LogP contribution in [0.25, 0.3) is 11.1 Å². The van der Waals surface area contributed by atoms with Gasteiger partial charge in [-0.3, -0.25) is 14.4 Å². The molecule has 6 nitrogen and oxygen atoms in total. The van der Waals surface area contributed by atoms with Crippen molar-refractivity contribution in [1.82, 2.24) is 0 Å². The van der Waals surface area contributed by atoms with E-state index in [4.69, 9.17) is 15.6 Å². The molecule has 0 aromatic heterocycles. The van der Waals surface area contributed by atoms with Crippen LogP contribution in [0, 0.1) is 5.41 Å². The van der Waals surface area contributed by atoms with E-state index in [1.54, 1.807) is 6.92 Å². The molecule has 0 aliphatic carbocycles. The van der Waals surface area contributed by atoms with Crippen LogP contribution < -0.4 is 5.73 Å². The molecule has 30 heavy (non-hydrogen) atoms. The number of hydrogen-bond donors (Lipinski definition) is 2. The minimum atomic E-state index is -1.46. The lowest BCUT2D eigenvalue weighted by atomic mass is 9.77. The fraction of sp³-hybridized carbons (Fsp3) is 0.375. The molecule has 0 radical (unpaired) electrons. The van der Waals surface area contributed by atoms with Gasteiger partial charge in [0, 0.05) is 12.5 Å². The molecular weight excluding hydrogens is 382 g/mol. The molecule has 0 amide bonds. The number of rotatable bonds is 11. The summed E-state index contributed by atoms with van der Waals surface area (Å²) in [6, 6.07) is 17.5. The average Bonchev–Trinajstić information content (AvgIpc) is 2.73. The largest absolute Gasteiger partial charge is 0.481 e. The number of benzene rings is 2.